The van der Waals surface area contributed by atoms with Crippen molar-refractivity contribution in [2.75, 3.05) is 6.26 Å². The van der Waals surface area contributed by atoms with E-state index in [2.05, 4.69) is 10.1 Å². The van der Waals surface area contributed by atoms with Crippen LogP contribution in [0.2, 0.25) is 0 Å². The van der Waals surface area contributed by atoms with Crippen molar-refractivity contribution in [3.8, 4) is 5.88 Å². The molecule has 0 amide bonds. The van der Waals surface area contributed by atoms with E-state index in [1.54, 1.807) is 18.3 Å². The van der Waals surface area contributed by atoms with Crippen molar-refractivity contribution >= 4 is 17.4 Å². The van der Waals surface area contributed by atoms with Gasteiger partial charge in [-0.15, -0.1) is 11.8 Å². The number of nitrogens with zero attached hydrogens (tertiary/aromatic N) is 3. The molecule has 0 aliphatic rings. The van der Waals surface area contributed by atoms with Crippen molar-refractivity contribution < 1.29 is 5.11 Å². The molecular formula is C7H7N3OS. The number of hydrogen-bond acceptors (Lipinski definition) is 4. The van der Waals surface area contributed by atoms with Gasteiger partial charge in [0.2, 0.25) is 5.88 Å². The van der Waals surface area contributed by atoms with E-state index in [-0.39, 0.29) is 5.88 Å². The van der Waals surface area contributed by atoms with Gasteiger partial charge in [0.15, 0.2) is 5.65 Å². The van der Waals surface area contributed by atoms with Gasteiger partial charge in [0.25, 0.3) is 0 Å². The van der Waals surface area contributed by atoms with Crippen LogP contribution in [0.25, 0.3) is 5.65 Å². The van der Waals surface area contributed by atoms with Gasteiger partial charge >= 0.3 is 0 Å². The molecule has 0 aliphatic carbocycles. The van der Waals surface area contributed by atoms with Crippen molar-refractivity contribution in [1.29, 1.82) is 0 Å². The smallest absolute Gasteiger partial charge is 0.216 e. The fraction of sp³-hybridized carbons (Fsp3) is 0.143. The van der Waals surface area contributed by atoms with E-state index in [1.807, 2.05) is 6.26 Å². The Morgan fingerprint density at radius 1 is 1.58 bits per heavy atom. The molecule has 62 valence electrons. The summed E-state index contributed by atoms with van der Waals surface area (Å²) in [7, 11) is 0. The molecule has 5 heteroatoms. The van der Waals surface area contributed by atoms with Gasteiger partial charge in [-0.05, 0) is 6.26 Å². The van der Waals surface area contributed by atoms with E-state index in [4.69, 9.17) is 0 Å². The summed E-state index contributed by atoms with van der Waals surface area (Å²) in [4.78, 5) is 4.22. The molecule has 0 spiro atoms. The largest absolute Gasteiger partial charge is 0.493 e. The molecule has 0 aromatic carbocycles. The molecule has 2 heterocycles. The van der Waals surface area contributed by atoms with Gasteiger partial charge < -0.3 is 5.11 Å². The van der Waals surface area contributed by atoms with Crippen LogP contribution in [0.3, 0.4) is 0 Å². The van der Waals surface area contributed by atoms with Gasteiger partial charge in [-0.3, -0.25) is 0 Å². The van der Waals surface area contributed by atoms with E-state index in [9.17, 15) is 5.11 Å². The molecule has 2 aromatic rings. The molecule has 0 radical (unpaired) electrons. The third kappa shape index (κ3) is 1.02. The first-order chi connectivity index (χ1) is 5.81. The van der Waals surface area contributed by atoms with Gasteiger partial charge in [-0.2, -0.15) is 9.61 Å². The summed E-state index contributed by atoms with van der Waals surface area (Å²) >= 11 is 1.49. The van der Waals surface area contributed by atoms with Crippen LogP contribution in [0.4, 0.5) is 0 Å². The standard InChI is InChI=1S/C7H7N3OS/c1-12-6-4-7(11)10-5(9-6)2-3-8-10/h2-4,11H,1H3. The molecule has 0 fully saturated rings. The number of fused-ring (bicyclic) bond motifs is 1. The van der Waals surface area contributed by atoms with E-state index >= 15 is 0 Å². The van der Waals surface area contributed by atoms with E-state index in [1.165, 1.54) is 16.3 Å². The molecule has 1 N–H and O–H groups in total. The highest BCUT2D eigenvalue weighted by atomic mass is 32.2. The number of hydrogen-bond donors (Lipinski definition) is 1. The highest BCUT2D eigenvalue weighted by Crippen LogP contribution is 2.18. The second-order valence-corrected chi connectivity index (χ2v) is 3.08. The molecule has 0 aliphatic heterocycles. The zero-order valence-electron chi connectivity index (χ0n) is 6.43. The Labute approximate surface area is 73.2 Å². The fourth-order valence-electron chi connectivity index (χ4n) is 0.979. The summed E-state index contributed by atoms with van der Waals surface area (Å²) in [6.45, 7) is 0. The van der Waals surface area contributed by atoms with Crippen LogP contribution in [-0.2, 0) is 0 Å². The minimum atomic E-state index is 0.120. The zero-order chi connectivity index (χ0) is 8.55. The third-order valence-electron chi connectivity index (χ3n) is 1.53. The lowest BCUT2D eigenvalue weighted by Crippen LogP contribution is -1.91. The van der Waals surface area contributed by atoms with Crippen molar-refractivity contribution in [1.82, 2.24) is 14.6 Å². The van der Waals surface area contributed by atoms with Crippen LogP contribution in [-0.4, -0.2) is 26.0 Å². The lowest BCUT2D eigenvalue weighted by Gasteiger charge is -1.99. The molecule has 0 saturated heterocycles. The van der Waals surface area contributed by atoms with Crippen molar-refractivity contribution in [3.05, 3.63) is 18.3 Å². The molecule has 2 rings (SSSR count). The van der Waals surface area contributed by atoms with Crippen molar-refractivity contribution in [3.63, 3.8) is 0 Å². The Kier molecular flexibility index (Phi) is 1.65. The maximum atomic E-state index is 9.42. The highest BCUT2D eigenvalue weighted by Gasteiger charge is 2.02. The minimum absolute atomic E-state index is 0.120. The monoisotopic (exact) mass is 181 g/mol. The number of aromatic nitrogens is 3. The van der Waals surface area contributed by atoms with Crippen LogP contribution in [0, 0.1) is 0 Å². The molecule has 2 aromatic heterocycles. The topological polar surface area (TPSA) is 50.4 Å². The van der Waals surface area contributed by atoms with Gasteiger partial charge in [0.05, 0.1) is 6.20 Å². The van der Waals surface area contributed by atoms with Crippen LogP contribution < -0.4 is 0 Å². The second-order valence-electron chi connectivity index (χ2n) is 2.26. The van der Waals surface area contributed by atoms with Gasteiger partial charge in [-0.25, -0.2) is 4.98 Å². The Morgan fingerprint density at radius 2 is 2.42 bits per heavy atom. The van der Waals surface area contributed by atoms with E-state index < -0.39 is 0 Å². The predicted molar refractivity (Wildman–Crippen MR) is 46.4 cm³/mol. The van der Waals surface area contributed by atoms with Gasteiger partial charge in [-0.1, -0.05) is 0 Å². The Balaban J connectivity index is 2.75. The van der Waals surface area contributed by atoms with Gasteiger partial charge in [0.1, 0.15) is 5.03 Å². The van der Waals surface area contributed by atoms with Crippen LogP contribution in [0.5, 0.6) is 5.88 Å². The quantitative estimate of drug-likeness (QED) is 0.529. The maximum absolute atomic E-state index is 9.42. The molecule has 0 atom stereocenters. The summed E-state index contributed by atoms with van der Waals surface area (Å²) in [5, 5.41) is 14.1. The first-order valence-electron chi connectivity index (χ1n) is 3.39. The summed E-state index contributed by atoms with van der Waals surface area (Å²) in [6, 6.07) is 3.34. The Bertz CT molecular complexity index is 412. The SMILES string of the molecule is CSc1cc(O)n2nccc2n1. The summed E-state index contributed by atoms with van der Waals surface area (Å²) < 4.78 is 1.39. The summed E-state index contributed by atoms with van der Waals surface area (Å²) in [5.74, 6) is 0.120. The Morgan fingerprint density at radius 3 is 3.17 bits per heavy atom. The molecule has 4 nitrogen and oxygen atoms in total. The molecule has 12 heavy (non-hydrogen) atoms. The number of aromatic hydroxyl groups is 1. The van der Waals surface area contributed by atoms with Crippen LogP contribution in [0.15, 0.2) is 23.4 Å². The lowest BCUT2D eigenvalue weighted by atomic mass is 10.6. The third-order valence-corrected chi connectivity index (χ3v) is 2.15. The van der Waals surface area contributed by atoms with Crippen molar-refractivity contribution in [2.45, 2.75) is 5.03 Å². The van der Waals surface area contributed by atoms with Crippen molar-refractivity contribution in [2.24, 2.45) is 0 Å². The van der Waals surface area contributed by atoms with E-state index in [0.717, 1.165) is 5.03 Å². The summed E-state index contributed by atoms with van der Waals surface area (Å²) in [6.07, 6.45) is 3.51. The molecular weight excluding hydrogens is 174 g/mol. The normalized spacial score (nSPS) is 10.8. The van der Waals surface area contributed by atoms with E-state index in [0.29, 0.717) is 5.65 Å². The average molecular weight is 181 g/mol. The molecule has 0 unspecified atom stereocenters. The zero-order valence-corrected chi connectivity index (χ0v) is 7.25. The molecule has 0 saturated carbocycles. The number of rotatable bonds is 1. The second kappa shape index (κ2) is 2.67. The predicted octanol–water partition coefficient (Wildman–Crippen LogP) is 1.16. The summed E-state index contributed by atoms with van der Waals surface area (Å²) in [5.41, 5.74) is 0.666. The minimum Gasteiger partial charge on any atom is -0.493 e. The lowest BCUT2D eigenvalue weighted by molar-refractivity contribution is 0.433. The molecule has 0 bridgehead atoms. The van der Waals surface area contributed by atoms with Gasteiger partial charge in [0, 0.05) is 12.1 Å². The van der Waals surface area contributed by atoms with Crippen LogP contribution in [0.1, 0.15) is 0 Å². The first kappa shape index (κ1) is 7.42. The first-order valence-corrected chi connectivity index (χ1v) is 4.61. The average Bonchev–Trinajstić information content (AvgIpc) is 2.52. The van der Waals surface area contributed by atoms with Crippen LogP contribution >= 0.6 is 11.8 Å². The fourth-order valence-corrected chi connectivity index (χ4v) is 1.39. The highest BCUT2D eigenvalue weighted by molar-refractivity contribution is 7.98. The Hall–Kier alpha value is -1.23. The maximum Gasteiger partial charge on any atom is 0.216 e. The number of thioether (sulfide) groups is 1.